The SMILES string of the molecule is CC[C@@]1(OC(=O)[C@H](NC(=O)[C@@H](CC(N)=O)NC(=O)[C@@H](CC(C)C)NC(=O)CNC(=O)[C@H](CC(C)C)NC(=O)[C@H]2CCCN2C(=S)Nc2ccc(OC3O[C@H](CO)[C@H](O)[C@H](O)[C@@H]3O)cc2)C(C)C)C(=O)OCc2c1cc1n(c2=O)Cc2cc3ccccc3nc2-1. The summed E-state index contributed by atoms with van der Waals surface area (Å²) in [5.41, 5.74) is 6.07. The minimum atomic E-state index is -2.14. The molecule has 12 N–H and O–H groups in total. The molecule has 0 spiro atoms. The molecular formula is C61H78N10O17S. The van der Waals surface area contributed by atoms with E-state index >= 15 is 0 Å². The number of nitrogens with two attached hydrogens (primary N) is 1. The Morgan fingerprint density at radius 1 is 0.843 bits per heavy atom. The Balaban J connectivity index is 0.877. The van der Waals surface area contributed by atoms with Gasteiger partial charge in [0.25, 0.3) is 5.56 Å². The zero-order valence-electron chi connectivity index (χ0n) is 50.5. The Morgan fingerprint density at radius 2 is 1.52 bits per heavy atom. The lowest BCUT2D eigenvalue weighted by molar-refractivity contribution is -0.277. The van der Waals surface area contributed by atoms with Crippen molar-refractivity contribution in [1.29, 1.82) is 0 Å². The van der Waals surface area contributed by atoms with Crippen molar-refractivity contribution in [2.75, 3.05) is 25.0 Å². The van der Waals surface area contributed by atoms with Crippen molar-refractivity contribution < 1.29 is 77.7 Å². The summed E-state index contributed by atoms with van der Waals surface area (Å²) in [4.78, 5) is 131. The fraction of sp³-hybridized carbons (Fsp3) is 0.525. The van der Waals surface area contributed by atoms with Gasteiger partial charge in [0.1, 0.15) is 67.0 Å². The molecule has 8 rings (SSSR count). The van der Waals surface area contributed by atoms with Crippen LogP contribution in [0.1, 0.15) is 104 Å². The number of hydrogen-bond acceptors (Lipinski definition) is 19. The lowest BCUT2D eigenvalue weighted by atomic mass is 9.85. The number of ether oxygens (including phenoxy) is 4. The first-order valence-corrected chi connectivity index (χ1v) is 30.1. The van der Waals surface area contributed by atoms with Gasteiger partial charge in [0.15, 0.2) is 5.11 Å². The number of amides is 6. The van der Waals surface area contributed by atoms with Gasteiger partial charge in [-0.2, -0.15) is 0 Å². The van der Waals surface area contributed by atoms with Crippen LogP contribution in [-0.2, 0) is 71.3 Å². The highest BCUT2D eigenvalue weighted by Gasteiger charge is 2.52. The van der Waals surface area contributed by atoms with Crippen molar-refractivity contribution in [3.63, 3.8) is 0 Å². The van der Waals surface area contributed by atoms with Crippen molar-refractivity contribution in [2.45, 2.75) is 167 Å². The predicted octanol–water partition coefficient (Wildman–Crippen LogP) is 0.350. The molecule has 4 aromatic rings. The molecule has 0 radical (unpaired) electrons. The largest absolute Gasteiger partial charge is 0.462 e. The molecule has 1 unspecified atom stereocenters. The van der Waals surface area contributed by atoms with E-state index in [1.165, 1.54) is 16.7 Å². The predicted molar refractivity (Wildman–Crippen MR) is 323 cm³/mol. The molecule has 27 nitrogen and oxygen atoms in total. The minimum Gasteiger partial charge on any atom is -0.462 e. The van der Waals surface area contributed by atoms with Gasteiger partial charge in [-0.25, -0.2) is 14.6 Å². The van der Waals surface area contributed by atoms with Gasteiger partial charge >= 0.3 is 11.9 Å². The lowest BCUT2D eigenvalue weighted by Gasteiger charge is -2.39. The molecule has 28 heteroatoms. The number of anilines is 1. The number of carbonyl (C=O) groups is 8. The number of para-hydroxylation sites is 1. The summed E-state index contributed by atoms with van der Waals surface area (Å²) in [5, 5.41) is 57.3. The van der Waals surface area contributed by atoms with E-state index in [0.717, 1.165) is 10.9 Å². The lowest BCUT2D eigenvalue weighted by Crippen LogP contribution is -2.60. The van der Waals surface area contributed by atoms with Crippen LogP contribution in [0, 0.1) is 17.8 Å². The number of likely N-dealkylation sites (tertiary alicyclic amines) is 1. The van der Waals surface area contributed by atoms with Gasteiger partial charge in [-0.15, -0.1) is 0 Å². The van der Waals surface area contributed by atoms with Gasteiger partial charge < -0.3 is 86.5 Å². The molecule has 0 bridgehead atoms. The van der Waals surface area contributed by atoms with Crippen molar-refractivity contribution in [2.24, 2.45) is 23.5 Å². The van der Waals surface area contributed by atoms with Crippen molar-refractivity contribution in [1.82, 2.24) is 41.0 Å². The number of aromatic nitrogens is 2. The Morgan fingerprint density at radius 3 is 2.17 bits per heavy atom. The molecular weight excluding hydrogens is 1180 g/mol. The van der Waals surface area contributed by atoms with Crippen LogP contribution in [0.15, 0.2) is 65.5 Å². The third kappa shape index (κ3) is 15.1. The second-order valence-electron chi connectivity index (χ2n) is 23.9. The first-order valence-electron chi connectivity index (χ1n) is 29.7. The summed E-state index contributed by atoms with van der Waals surface area (Å²) in [7, 11) is 0. The Kier molecular flexibility index (Phi) is 21.4. The average molecular weight is 1260 g/mol. The molecule has 480 valence electrons. The maximum Gasteiger partial charge on any atom is 0.355 e. The van der Waals surface area contributed by atoms with Crippen molar-refractivity contribution in [3.8, 4) is 17.1 Å². The highest BCUT2D eigenvalue weighted by molar-refractivity contribution is 7.80. The monoisotopic (exact) mass is 1250 g/mol. The average Bonchev–Trinajstić information content (AvgIpc) is 1.70. The number of fused-ring (bicyclic) bond motifs is 5. The summed E-state index contributed by atoms with van der Waals surface area (Å²) < 4.78 is 24.3. The van der Waals surface area contributed by atoms with E-state index in [2.05, 4.69) is 31.9 Å². The molecule has 4 aliphatic heterocycles. The molecule has 89 heavy (non-hydrogen) atoms. The molecule has 0 saturated carbocycles. The van der Waals surface area contributed by atoms with Gasteiger partial charge in [0.05, 0.1) is 48.6 Å². The van der Waals surface area contributed by atoms with Crippen molar-refractivity contribution in [3.05, 3.63) is 87.7 Å². The molecule has 11 atom stereocenters. The quantitative estimate of drug-likeness (QED) is 0.0293. The number of carbonyl (C=O) groups excluding carboxylic acids is 8. The fourth-order valence-electron chi connectivity index (χ4n) is 11.4. The van der Waals surface area contributed by atoms with Crippen LogP contribution in [0.2, 0.25) is 0 Å². The summed E-state index contributed by atoms with van der Waals surface area (Å²) >= 11 is 5.71. The number of nitrogens with zero attached hydrogens (tertiary/aromatic N) is 3. The van der Waals surface area contributed by atoms with E-state index in [1.54, 1.807) is 57.7 Å². The van der Waals surface area contributed by atoms with Gasteiger partial charge in [-0.05, 0) is 105 Å². The van der Waals surface area contributed by atoms with E-state index in [4.69, 9.17) is 41.9 Å². The zero-order valence-corrected chi connectivity index (χ0v) is 51.3. The molecule has 2 fully saturated rings. The van der Waals surface area contributed by atoms with Crippen LogP contribution in [0.4, 0.5) is 5.69 Å². The van der Waals surface area contributed by atoms with E-state index in [1.807, 2.05) is 44.2 Å². The third-order valence-corrected chi connectivity index (χ3v) is 16.4. The summed E-state index contributed by atoms with van der Waals surface area (Å²) in [6, 6.07) is 10.9. The van der Waals surface area contributed by atoms with E-state index in [-0.39, 0.29) is 66.2 Å². The number of hydrogen-bond donors (Lipinski definition) is 11. The summed E-state index contributed by atoms with van der Waals surface area (Å²) in [6.45, 7) is 10.9. The number of aliphatic hydroxyl groups is 4. The second-order valence-corrected chi connectivity index (χ2v) is 24.3. The molecule has 2 aromatic heterocycles. The topological polar surface area (TPSA) is 391 Å². The van der Waals surface area contributed by atoms with Crippen LogP contribution in [0.5, 0.6) is 5.75 Å². The number of thiocarbonyl (C=S) groups is 1. The number of primary amides is 1. The van der Waals surface area contributed by atoms with Gasteiger partial charge in [0, 0.05) is 28.7 Å². The van der Waals surface area contributed by atoms with Crippen molar-refractivity contribution >= 4 is 81.3 Å². The highest BCUT2D eigenvalue weighted by atomic mass is 32.1. The zero-order chi connectivity index (χ0) is 64.8. The minimum absolute atomic E-state index is 0.0188. The molecule has 6 heterocycles. The van der Waals surface area contributed by atoms with Crippen LogP contribution in [-0.4, -0.2) is 168 Å². The molecule has 0 aliphatic carbocycles. The fourth-order valence-corrected chi connectivity index (χ4v) is 11.7. The Labute approximate surface area is 518 Å². The maximum absolute atomic E-state index is 14.4. The van der Waals surface area contributed by atoms with E-state index < -0.39 is 145 Å². The molecule has 2 aromatic carbocycles. The number of esters is 2. The number of aliphatic hydroxyl groups excluding tert-OH is 4. The van der Waals surface area contributed by atoms with Gasteiger partial charge in [-0.3, -0.25) is 33.6 Å². The van der Waals surface area contributed by atoms with Crippen LogP contribution >= 0.6 is 12.2 Å². The standard InChI is InChI=1S/C61H78N10O17S/c1-8-61(37-23-43-48-33(22-32-12-9-10-13-38(32)66-48)26-71(43)56(82)36(37)28-85-59(61)84)88-57(83)47(31(6)7)69-54(80)41(24-45(62)73)67-53(79)40(21-30(4)5)65-46(74)25-63-52(78)39(20-29(2)3)68-55(81)42-14-11-19-70(42)60(89)64-34-15-17-35(18-16-34)86-58-51(77)50(76)49(75)44(27-72)87-58/h9-10,12-13,15-18,22-23,29-31,39-42,44,47,49-51,58,72,75-77H,8,11,14,19-21,24-28H2,1-7H3,(H2,62,73)(H,63,78)(H,64,89)(H,65,74)(H,67,79)(H,68,81)(H,69,80)/t39-,40+,41+,42+,44+,47+,49-,50-,51-,58?,61-/m0/s1. The normalized spacial score (nSPS) is 22.4. The third-order valence-electron chi connectivity index (χ3n) is 16.1. The smallest absolute Gasteiger partial charge is 0.355 e. The van der Waals surface area contributed by atoms with E-state index in [0.29, 0.717) is 42.0 Å². The number of rotatable bonds is 24. The van der Waals surface area contributed by atoms with Gasteiger partial charge in [-0.1, -0.05) is 66.7 Å². The molecule has 4 aliphatic rings. The number of pyridine rings is 2. The Hall–Kier alpha value is -8.15. The first-order chi connectivity index (χ1) is 42.2. The number of benzene rings is 2. The molecule has 2 saturated heterocycles. The van der Waals surface area contributed by atoms with Gasteiger partial charge in [0.2, 0.25) is 47.3 Å². The van der Waals surface area contributed by atoms with Crippen LogP contribution in [0.3, 0.4) is 0 Å². The second kappa shape index (κ2) is 28.6. The number of nitrogens with one attached hydrogen (secondary N) is 6. The summed E-state index contributed by atoms with van der Waals surface area (Å²) in [5.74, 6) is -7.83. The maximum atomic E-state index is 14.4. The first kappa shape index (κ1) is 66.8. The van der Waals surface area contributed by atoms with Crippen LogP contribution < -0.4 is 47.9 Å². The highest BCUT2D eigenvalue weighted by Crippen LogP contribution is 2.41. The number of cyclic esters (lactones) is 1. The summed E-state index contributed by atoms with van der Waals surface area (Å²) in [6.07, 6.45) is -7.07. The molecule has 6 amide bonds. The Bertz CT molecular complexity index is 3420. The van der Waals surface area contributed by atoms with E-state index in [9.17, 15) is 63.6 Å². The van der Waals surface area contributed by atoms with Crippen LogP contribution in [0.25, 0.3) is 22.3 Å².